The van der Waals surface area contributed by atoms with Gasteiger partial charge in [-0.05, 0) is 37.5 Å². The molecular formula is C18H26N4O5. The van der Waals surface area contributed by atoms with Gasteiger partial charge in [-0.15, -0.1) is 0 Å². The van der Waals surface area contributed by atoms with Gasteiger partial charge >= 0.3 is 6.09 Å². The molecule has 148 valence electrons. The highest BCUT2D eigenvalue weighted by Gasteiger charge is 2.42. The van der Waals surface area contributed by atoms with Crippen molar-refractivity contribution in [2.24, 2.45) is 5.73 Å². The summed E-state index contributed by atoms with van der Waals surface area (Å²) in [4.78, 5) is 36.5. The van der Waals surface area contributed by atoms with E-state index in [4.69, 9.17) is 10.5 Å². The molecule has 27 heavy (non-hydrogen) atoms. The van der Waals surface area contributed by atoms with Crippen molar-refractivity contribution in [1.82, 2.24) is 10.2 Å². The van der Waals surface area contributed by atoms with Gasteiger partial charge in [0.15, 0.2) is 0 Å². The van der Waals surface area contributed by atoms with Crippen molar-refractivity contribution < 1.29 is 24.2 Å². The van der Waals surface area contributed by atoms with Crippen molar-refractivity contribution in [3.8, 4) is 0 Å². The molecular weight excluding hydrogens is 352 g/mol. The summed E-state index contributed by atoms with van der Waals surface area (Å²) in [5.41, 5.74) is 5.75. The number of rotatable bonds is 8. The Bertz CT molecular complexity index is 687. The van der Waals surface area contributed by atoms with Crippen molar-refractivity contribution in [3.05, 3.63) is 29.8 Å². The molecule has 0 heterocycles. The van der Waals surface area contributed by atoms with E-state index in [1.807, 2.05) is 0 Å². The summed E-state index contributed by atoms with van der Waals surface area (Å²) in [5, 5.41) is 15.0. The highest BCUT2D eigenvalue weighted by Crippen LogP contribution is 2.35. The molecule has 0 radical (unpaired) electrons. The van der Waals surface area contributed by atoms with Crippen LogP contribution < -0.4 is 16.4 Å². The van der Waals surface area contributed by atoms with Crippen molar-refractivity contribution in [2.75, 3.05) is 25.5 Å². The Labute approximate surface area is 157 Å². The minimum Gasteiger partial charge on any atom is -0.445 e. The van der Waals surface area contributed by atoms with Crippen molar-refractivity contribution in [2.45, 2.75) is 38.0 Å². The average Bonchev–Trinajstić information content (AvgIpc) is 3.37. The zero-order valence-corrected chi connectivity index (χ0v) is 15.5. The minimum absolute atomic E-state index is 0.0821. The fraction of sp³-hybridized carbons (Fsp3) is 0.500. The molecule has 1 aliphatic rings. The topological polar surface area (TPSA) is 134 Å². The third-order valence-electron chi connectivity index (χ3n) is 4.21. The lowest BCUT2D eigenvalue weighted by molar-refractivity contribution is -0.125. The first kappa shape index (κ1) is 20.7. The minimum atomic E-state index is -0.756. The number of ether oxygens (including phenoxy) is 1. The summed E-state index contributed by atoms with van der Waals surface area (Å²) in [6.07, 6.45) is 0.899. The summed E-state index contributed by atoms with van der Waals surface area (Å²) >= 11 is 0. The Morgan fingerprint density at radius 2 is 1.93 bits per heavy atom. The van der Waals surface area contributed by atoms with Gasteiger partial charge in [0, 0.05) is 12.7 Å². The number of carbonyl (C=O) groups excluding carboxylic acids is 3. The number of likely N-dealkylation sites (N-methyl/N-ethyl adjacent to an activating group) is 1. The van der Waals surface area contributed by atoms with E-state index in [0.29, 0.717) is 18.5 Å². The Kier molecular flexibility index (Phi) is 6.75. The summed E-state index contributed by atoms with van der Waals surface area (Å²) in [5.74, 6) is -0.774. The second-order valence-corrected chi connectivity index (χ2v) is 6.81. The Balaban J connectivity index is 1.78. The van der Waals surface area contributed by atoms with Gasteiger partial charge in [0.2, 0.25) is 11.8 Å². The van der Waals surface area contributed by atoms with Crippen molar-refractivity contribution in [3.63, 3.8) is 0 Å². The first-order valence-corrected chi connectivity index (χ1v) is 8.72. The van der Waals surface area contributed by atoms with Gasteiger partial charge in [-0.2, -0.15) is 0 Å². The Morgan fingerprint density at radius 3 is 2.48 bits per heavy atom. The number of nitrogens with two attached hydrogens (primary N) is 1. The van der Waals surface area contributed by atoms with E-state index in [0.717, 1.165) is 5.56 Å². The first-order chi connectivity index (χ1) is 12.7. The van der Waals surface area contributed by atoms with E-state index in [1.54, 1.807) is 38.2 Å². The number of nitrogens with zero attached hydrogens (tertiary/aromatic N) is 1. The van der Waals surface area contributed by atoms with Crippen molar-refractivity contribution in [1.29, 1.82) is 0 Å². The van der Waals surface area contributed by atoms with Crippen molar-refractivity contribution >= 4 is 23.6 Å². The number of hydrogen-bond donors (Lipinski definition) is 4. The van der Waals surface area contributed by atoms with Crippen LogP contribution in [0.4, 0.5) is 10.5 Å². The van der Waals surface area contributed by atoms with E-state index in [1.165, 1.54) is 4.90 Å². The maximum atomic E-state index is 12.0. The van der Waals surface area contributed by atoms with E-state index in [9.17, 15) is 19.5 Å². The lowest BCUT2D eigenvalue weighted by Crippen LogP contribution is -2.44. The number of hydrogen-bond acceptors (Lipinski definition) is 6. The summed E-state index contributed by atoms with van der Waals surface area (Å²) < 4.78 is 5.21. The SMILES string of the molecule is CC(NC(=O)CN)C(=O)Nc1ccc(COC(=O)N(C)CC2(O)CC2)cc1. The second-order valence-electron chi connectivity index (χ2n) is 6.81. The van der Waals surface area contributed by atoms with Crippen LogP contribution in [0.2, 0.25) is 0 Å². The first-order valence-electron chi connectivity index (χ1n) is 8.72. The van der Waals surface area contributed by atoms with E-state index in [-0.39, 0.29) is 25.6 Å². The van der Waals surface area contributed by atoms with Gasteiger partial charge in [-0.25, -0.2) is 4.79 Å². The third kappa shape index (κ3) is 6.54. The fourth-order valence-corrected chi connectivity index (χ4v) is 2.36. The smallest absolute Gasteiger partial charge is 0.409 e. The van der Waals surface area contributed by atoms with Crippen LogP contribution in [0.5, 0.6) is 0 Å². The standard InChI is InChI=1S/C18H26N4O5/c1-12(20-15(23)9-19)16(24)21-14-5-3-13(4-6-14)10-27-17(25)22(2)11-18(26)7-8-18/h3-6,12,26H,7-11,19H2,1-2H3,(H,20,23)(H,21,24). The molecule has 0 aliphatic heterocycles. The third-order valence-corrected chi connectivity index (χ3v) is 4.21. The quantitative estimate of drug-likeness (QED) is 0.510. The molecule has 5 N–H and O–H groups in total. The molecule has 1 fully saturated rings. The molecule has 1 aromatic carbocycles. The van der Waals surface area contributed by atoms with Gasteiger partial charge in [0.1, 0.15) is 12.6 Å². The fourth-order valence-electron chi connectivity index (χ4n) is 2.36. The number of anilines is 1. The highest BCUT2D eigenvalue weighted by atomic mass is 16.6. The normalized spacial score (nSPS) is 15.4. The van der Waals surface area contributed by atoms with Crippen LogP contribution in [0, 0.1) is 0 Å². The van der Waals surface area contributed by atoms with Gasteiger partial charge in [-0.3, -0.25) is 9.59 Å². The van der Waals surface area contributed by atoms with Crippen LogP contribution in [0.3, 0.4) is 0 Å². The van der Waals surface area contributed by atoms with E-state index >= 15 is 0 Å². The predicted molar refractivity (Wildman–Crippen MR) is 98.7 cm³/mol. The number of amides is 3. The van der Waals surface area contributed by atoms with Crippen LogP contribution in [0.15, 0.2) is 24.3 Å². The van der Waals surface area contributed by atoms with Gasteiger partial charge in [0.05, 0.1) is 18.7 Å². The molecule has 9 heteroatoms. The number of benzene rings is 1. The van der Waals surface area contributed by atoms with E-state index < -0.39 is 23.6 Å². The summed E-state index contributed by atoms with van der Waals surface area (Å²) in [6, 6.07) is 6.09. The van der Waals surface area contributed by atoms with Gasteiger partial charge in [-0.1, -0.05) is 12.1 Å². The monoisotopic (exact) mass is 378 g/mol. The molecule has 0 spiro atoms. The van der Waals surface area contributed by atoms with Crippen LogP contribution in [0.25, 0.3) is 0 Å². The number of carbonyl (C=O) groups is 3. The molecule has 1 aromatic rings. The summed E-state index contributed by atoms with van der Waals surface area (Å²) in [6.45, 7) is 1.72. The molecule has 9 nitrogen and oxygen atoms in total. The van der Waals surface area contributed by atoms with Gasteiger partial charge < -0.3 is 31.1 Å². The second kappa shape index (κ2) is 8.83. The van der Waals surface area contributed by atoms with Crippen LogP contribution >= 0.6 is 0 Å². The molecule has 1 atom stereocenters. The zero-order valence-electron chi connectivity index (χ0n) is 15.5. The lowest BCUT2D eigenvalue weighted by atomic mass is 10.2. The molecule has 0 bridgehead atoms. The number of aliphatic hydroxyl groups is 1. The summed E-state index contributed by atoms with van der Waals surface area (Å²) in [7, 11) is 1.59. The highest BCUT2D eigenvalue weighted by molar-refractivity contribution is 5.97. The molecule has 0 saturated heterocycles. The molecule has 2 rings (SSSR count). The zero-order chi connectivity index (χ0) is 20.0. The van der Waals surface area contributed by atoms with Crippen LogP contribution in [-0.4, -0.2) is 59.7 Å². The maximum absolute atomic E-state index is 12.0. The lowest BCUT2D eigenvalue weighted by Gasteiger charge is -2.20. The molecule has 1 aliphatic carbocycles. The van der Waals surface area contributed by atoms with Crippen LogP contribution in [-0.2, 0) is 20.9 Å². The largest absolute Gasteiger partial charge is 0.445 e. The predicted octanol–water partition coefficient (Wildman–Crippen LogP) is 0.182. The van der Waals surface area contributed by atoms with Gasteiger partial charge in [0.25, 0.3) is 0 Å². The Morgan fingerprint density at radius 1 is 1.30 bits per heavy atom. The molecule has 3 amide bonds. The maximum Gasteiger partial charge on any atom is 0.409 e. The molecule has 0 aromatic heterocycles. The van der Waals surface area contributed by atoms with E-state index in [2.05, 4.69) is 10.6 Å². The molecule has 1 unspecified atom stereocenters. The molecule has 1 saturated carbocycles. The average molecular weight is 378 g/mol. The number of nitrogens with one attached hydrogen (secondary N) is 2. The van der Waals surface area contributed by atoms with Crippen LogP contribution in [0.1, 0.15) is 25.3 Å². The Hall–Kier alpha value is -2.65.